The molecule has 2 heteroatoms. The molecule has 3 N–H and O–H groups in total. The zero-order chi connectivity index (χ0) is 10.4. The Morgan fingerprint density at radius 3 is 2.53 bits per heavy atom. The van der Waals surface area contributed by atoms with Crippen molar-refractivity contribution in [2.24, 2.45) is 35.3 Å². The molecule has 3 aliphatic carbocycles. The van der Waals surface area contributed by atoms with E-state index in [1.807, 2.05) is 0 Å². The molecule has 3 aliphatic rings. The van der Waals surface area contributed by atoms with Crippen LogP contribution in [-0.4, -0.2) is 19.1 Å². The molecule has 3 fully saturated rings. The molecule has 5 unspecified atom stereocenters. The van der Waals surface area contributed by atoms with Crippen LogP contribution in [0.5, 0.6) is 0 Å². The van der Waals surface area contributed by atoms with Crippen LogP contribution in [0.3, 0.4) is 0 Å². The van der Waals surface area contributed by atoms with Crippen LogP contribution in [0, 0.1) is 29.6 Å². The van der Waals surface area contributed by atoms with Gasteiger partial charge >= 0.3 is 0 Å². The monoisotopic (exact) mass is 208 g/mol. The average Bonchev–Trinajstić information content (AvgIpc) is 2.67. The van der Waals surface area contributed by atoms with Crippen molar-refractivity contribution in [2.45, 2.75) is 38.6 Å². The largest absolute Gasteiger partial charge is 0.330 e. The predicted octanol–water partition coefficient (Wildman–Crippen LogP) is 1.61. The van der Waals surface area contributed by atoms with E-state index in [9.17, 15) is 0 Å². The molecule has 0 amide bonds. The van der Waals surface area contributed by atoms with E-state index in [4.69, 9.17) is 5.73 Å². The number of nitrogens with two attached hydrogens (primary N) is 1. The highest BCUT2D eigenvalue weighted by Gasteiger charge is 2.64. The van der Waals surface area contributed by atoms with Gasteiger partial charge in [0.2, 0.25) is 0 Å². The highest BCUT2D eigenvalue weighted by Crippen LogP contribution is 2.65. The molecule has 0 aromatic rings. The third-order valence-corrected chi connectivity index (χ3v) is 5.15. The highest BCUT2D eigenvalue weighted by atomic mass is 15.0. The summed E-state index contributed by atoms with van der Waals surface area (Å²) in [4.78, 5) is 0. The second-order valence-electron chi connectivity index (χ2n) is 6.10. The molecule has 0 spiro atoms. The third kappa shape index (κ3) is 1.62. The zero-order valence-electron chi connectivity index (χ0n) is 9.78. The summed E-state index contributed by atoms with van der Waals surface area (Å²) < 4.78 is 0. The summed E-state index contributed by atoms with van der Waals surface area (Å²) in [5.41, 5.74) is 5.62. The van der Waals surface area contributed by atoms with Crippen molar-refractivity contribution in [2.75, 3.05) is 13.1 Å². The molecule has 0 radical (unpaired) electrons. The Morgan fingerprint density at radius 2 is 1.93 bits per heavy atom. The van der Waals surface area contributed by atoms with Gasteiger partial charge in [-0.3, -0.25) is 0 Å². The molecule has 15 heavy (non-hydrogen) atoms. The van der Waals surface area contributed by atoms with E-state index < -0.39 is 0 Å². The number of rotatable bonds is 5. The maximum atomic E-state index is 5.62. The quantitative estimate of drug-likeness (QED) is 0.720. The van der Waals surface area contributed by atoms with Crippen LogP contribution < -0.4 is 11.1 Å². The van der Waals surface area contributed by atoms with Gasteiger partial charge in [0.15, 0.2) is 0 Å². The molecule has 3 saturated carbocycles. The lowest BCUT2D eigenvalue weighted by atomic mass is 10.0. The fourth-order valence-corrected chi connectivity index (χ4v) is 4.21. The fraction of sp³-hybridized carbons (Fsp3) is 1.00. The number of hydrogen-bond acceptors (Lipinski definition) is 2. The molecule has 0 aliphatic heterocycles. The van der Waals surface area contributed by atoms with Crippen molar-refractivity contribution >= 4 is 0 Å². The molecule has 0 aromatic carbocycles. The van der Waals surface area contributed by atoms with Crippen molar-refractivity contribution in [3.05, 3.63) is 0 Å². The minimum absolute atomic E-state index is 0.688. The zero-order valence-corrected chi connectivity index (χ0v) is 9.78. The van der Waals surface area contributed by atoms with Crippen LogP contribution in [0.1, 0.15) is 32.6 Å². The lowest BCUT2D eigenvalue weighted by molar-refractivity contribution is 0.438. The van der Waals surface area contributed by atoms with Crippen LogP contribution >= 0.6 is 0 Å². The van der Waals surface area contributed by atoms with E-state index in [1.165, 1.54) is 25.8 Å². The Hall–Kier alpha value is -0.0800. The first-order valence-electron chi connectivity index (χ1n) is 6.74. The molecule has 3 rings (SSSR count). The first kappa shape index (κ1) is 10.1. The van der Waals surface area contributed by atoms with Gasteiger partial charge in [0, 0.05) is 6.04 Å². The Kier molecular flexibility index (Phi) is 2.52. The molecule has 2 bridgehead atoms. The van der Waals surface area contributed by atoms with Crippen molar-refractivity contribution in [3.8, 4) is 0 Å². The van der Waals surface area contributed by atoms with E-state index >= 15 is 0 Å². The summed E-state index contributed by atoms with van der Waals surface area (Å²) >= 11 is 0. The third-order valence-electron chi connectivity index (χ3n) is 5.15. The van der Waals surface area contributed by atoms with Gasteiger partial charge in [0.1, 0.15) is 0 Å². The second kappa shape index (κ2) is 3.74. The minimum Gasteiger partial charge on any atom is -0.330 e. The normalized spacial score (nSPS) is 48.0. The number of hydrogen-bond donors (Lipinski definition) is 2. The van der Waals surface area contributed by atoms with Gasteiger partial charge in [-0.1, -0.05) is 6.92 Å². The molecule has 0 heterocycles. The first-order valence-corrected chi connectivity index (χ1v) is 6.74. The van der Waals surface area contributed by atoms with Gasteiger partial charge in [-0.15, -0.1) is 0 Å². The summed E-state index contributed by atoms with van der Waals surface area (Å²) in [5, 5.41) is 3.77. The second-order valence-corrected chi connectivity index (χ2v) is 6.10. The molecule has 0 saturated heterocycles. The van der Waals surface area contributed by atoms with Gasteiger partial charge < -0.3 is 11.1 Å². The van der Waals surface area contributed by atoms with Gasteiger partial charge in [0.25, 0.3) is 0 Å². The Balaban J connectivity index is 1.41. The van der Waals surface area contributed by atoms with Crippen LogP contribution in [-0.2, 0) is 0 Å². The number of nitrogens with one attached hydrogen (secondary N) is 1. The van der Waals surface area contributed by atoms with Crippen molar-refractivity contribution in [1.82, 2.24) is 5.32 Å². The minimum atomic E-state index is 0.688. The predicted molar refractivity (Wildman–Crippen MR) is 62.4 cm³/mol. The molecular formula is C13H24N2. The van der Waals surface area contributed by atoms with Crippen molar-refractivity contribution < 1.29 is 0 Å². The van der Waals surface area contributed by atoms with E-state index in [0.29, 0.717) is 5.92 Å². The average molecular weight is 208 g/mol. The van der Waals surface area contributed by atoms with Crippen LogP contribution in [0.15, 0.2) is 0 Å². The van der Waals surface area contributed by atoms with Gasteiger partial charge in [0.05, 0.1) is 0 Å². The first-order chi connectivity index (χ1) is 7.31. The smallest absolute Gasteiger partial charge is 0.0135 e. The number of fused-ring (bicyclic) bond motifs is 5. The highest BCUT2D eigenvalue weighted by molar-refractivity contribution is 5.16. The maximum absolute atomic E-state index is 5.62. The van der Waals surface area contributed by atoms with E-state index in [1.54, 1.807) is 6.42 Å². The Labute approximate surface area is 93.0 Å². The van der Waals surface area contributed by atoms with Crippen LogP contribution in [0.2, 0.25) is 0 Å². The lowest BCUT2D eigenvalue weighted by Gasteiger charge is -2.12. The summed E-state index contributed by atoms with van der Waals surface area (Å²) in [6.07, 6.45) is 5.88. The summed E-state index contributed by atoms with van der Waals surface area (Å²) in [5.74, 6) is 5.05. The topological polar surface area (TPSA) is 38.0 Å². The standard InChI is InChI=1S/C13H24N2/c1-8(7-14)4-5-15-13-11-9-2-3-10(6-9)12(11)13/h8-13,15H,2-7,14H2,1H3. The van der Waals surface area contributed by atoms with Gasteiger partial charge in [-0.25, -0.2) is 0 Å². The molecular weight excluding hydrogens is 184 g/mol. The van der Waals surface area contributed by atoms with E-state index in [0.717, 1.165) is 36.3 Å². The van der Waals surface area contributed by atoms with Crippen molar-refractivity contribution in [3.63, 3.8) is 0 Å². The maximum Gasteiger partial charge on any atom is 0.0135 e. The summed E-state index contributed by atoms with van der Waals surface area (Å²) in [6.45, 7) is 4.28. The van der Waals surface area contributed by atoms with E-state index in [-0.39, 0.29) is 0 Å². The molecule has 2 nitrogen and oxygen atoms in total. The molecule has 5 atom stereocenters. The lowest BCUT2D eigenvalue weighted by Crippen LogP contribution is -2.26. The van der Waals surface area contributed by atoms with Gasteiger partial charge in [-0.05, 0) is 68.4 Å². The van der Waals surface area contributed by atoms with Crippen LogP contribution in [0.4, 0.5) is 0 Å². The summed E-state index contributed by atoms with van der Waals surface area (Å²) in [7, 11) is 0. The Morgan fingerprint density at radius 1 is 1.27 bits per heavy atom. The fourth-order valence-electron chi connectivity index (χ4n) is 4.21. The SMILES string of the molecule is CC(CN)CCNC1C2C3CCC(C3)C12. The van der Waals surface area contributed by atoms with E-state index in [2.05, 4.69) is 12.2 Å². The molecule has 0 aromatic heterocycles. The van der Waals surface area contributed by atoms with Crippen molar-refractivity contribution in [1.29, 1.82) is 0 Å². The summed E-state index contributed by atoms with van der Waals surface area (Å²) in [6, 6.07) is 0.904. The Bertz CT molecular complexity index is 225. The van der Waals surface area contributed by atoms with Crippen LogP contribution in [0.25, 0.3) is 0 Å². The van der Waals surface area contributed by atoms with Gasteiger partial charge in [-0.2, -0.15) is 0 Å². The molecule has 86 valence electrons.